The molecule has 0 radical (unpaired) electrons. The van der Waals surface area contributed by atoms with Crippen molar-refractivity contribution in [3.05, 3.63) is 90.6 Å². The lowest BCUT2D eigenvalue weighted by Crippen LogP contribution is -2.56. The molecule has 9 heteroatoms. The van der Waals surface area contributed by atoms with E-state index >= 15 is 0 Å². The number of aromatic nitrogens is 1. The summed E-state index contributed by atoms with van der Waals surface area (Å²) in [7, 11) is -2.28. The van der Waals surface area contributed by atoms with Crippen molar-refractivity contribution in [1.29, 1.82) is 0 Å². The third kappa shape index (κ3) is 4.63. The van der Waals surface area contributed by atoms with Crippen LogP contribution in [0.15, 0.2) is 90.0 Å². The highest BCUT2D eigenvalue weighted by Crippen LogP contribution is 2.29. The normalized spacial score (nSPS) is 13.8. The van der Waals surface area contributed by atoms with Crippen molar-refractivity contribution in [2.45, 2.75) is 11.0 Å². The van der Waals surface area contributed by atoms with Gasteiger partial charge in [-0.05, 0) is 48.5 Å². The lowest BCUT2D eigenvalue weighted by Gasteiger charge is -2.39. The van der Waals surface area contributed by atoms with Gasteiger partial charge in [0.25, 0.3) is 15.9 Å². The number of methoxy groups -OCH3 is 1. The summed E-state index contributed by atoms with van der Waals surface area (Å²) in [6.07, 6.45) is 1.44. The lowest BCUT2D eigenvalue weighted by atomic mass is 10.1. The minimum atomic E-state index is -3.86. The fraction of sp³-hybridized carbons (Fsp3) is 0.154. The Morgan fingerprint density at radius 2 is 1.66 bits per heavy atom. The Hall–Kier alpha value is -4.11. The molecule has 0 bridgehead atoms. The topological polar surface area (TPSA) is 97.8 Å². The average Bonchev–Trinajstić information content (AvgIpc) is 2.85. The molecule has 1 N–H and O–H groups in total. The van der Waals surface area contributed by atoms with Gasteiger partial charge >= 0.3 is 0 Å². The van der Waals surface area contributed by atoms with Gasteiger partial charge in [-0.15, -0.1) is 0 Å². The standard InChI is InChI=1S/C26H23N3O5S/c1-33-22-8-2-3-9-23(22)34-21-16-29(17-21)26(30)19-11-13-20(14-12-19)28-35(31,32)24-10-4-6-18-7-5-15-27-25(18)24/h2-15,21,28H,16-17H2,1H3. The first-order chi connectivity index (χ1) is 16.9. The fourth-order valence-corrected chi connectivity index (χ4v) is 5.18. The molecule has 1 aliphatic heterocycles. The maximum absolute atomic E-state index is 13.0. The number of nitrogens with one attached hydrogen (secondary N) is 1. The number of pyridine rings is 1. The predicted octanol–water partition coefficient (Wildman–Crippen LogP) is 3.95. The van der Waals surface area contributed by atoms with E-state index in [-0.39, 0.29) is 16.9 Å². The molecule has 5 rings (SSSR count). The zero-order valence-electron chi connectivity index (χ0n) is 18.9. The highest BCUT2D eigenvalue weighted by molar-refractivity contribution is 7.93. The Kier molecular flexibility index (Phi) is 6.00. The van der Waals surface area contributed by atoms with E-state index in [9.17, 15) is 13.2 Å². The van der Waals surface area contributed by atoms with E-state index in [1.54, 1.807) is 54.6 Å². The van der Waals surface area contributed by atoms with Crippen molar-refractivity contribution in [1.82, 2.24) is 9.88 Å². The molecule has 1 aliphatic rings. The number of nitrogens with zero attached hydrogens (tertiary/aromatic N) is 2. The Labute approximate surface area is 203 Å². The van der Waals surface area contributed by atoms with Crippen molar-refractivity contribution in [3.63, 3.8) is 0 Å². The zero-order chi connectivity index (χ0) is 24.4. The number of para-hydroxylation sites is 3. The maximum Gasteiger partial charge on any atom is 0.264 e. The van der Waals surface area contributed by atoms with E-state index in [0.29, 0.717) is 41.4 Å². The molecule has 0 atom stereocenters. The summed E-state index contributed by atoms with van der Waals surface area (Å²) < 4.78 is 39.8. The molecular weight excluding hydrogens is 466 g/mol. The number of carbonyl (C=O) groups excluding carboxylic acids is 1. The molecule has 0 spiro atoms. The van der Waals surface area contributed by atoms with Crippen molar-refractivity contribution < 1.29 is 22.7 Å². The quantitative estimate of drug-likeness (QED) is 0.422. The molecule has 0 saturated carbocycles. The number of amides is 1. The van der Waals surface area contributed by atoms with Crippen LogP contribution in [-0.2, 0) is 10.0 Å². The summed E-state index contributed by atoms with van der Waals surface area (Å²) in [5.41, 5.74) is 1.22. The summed E-state index contributed by atoms with van der Waals surface area (Å²) >= 11 is 0. The van der Waals surface area contributed by atoms with Gasteiger partial charge in [0.15, 0.2) is 11.5 Å². The molecule has 35 heavy (non-hydrogen) atoms. The zero-order valence-corrected chi connectivity index (χ0v) is 19.7. The molecule has 0 unspecified atom stereocenters. The fourth-order valence-electron chi connectivity index (χ4n) is 3.94. The Morgan fingerprint density at radius 3 is 2.40 bits per heavy atom. The van der Waals surface area contributed by atoms with Crippen molar-refractivity contribution in [3.8, 4) is 11.5 Å². The first-order valence-electron chi connectivity index (χ1n) is 11.0. The van der Waals surface area contributed by atoms with Crippen LogP contribution in [0.2, 0.25) is 0 Å². The number of sulfonamides is 1. The van der Waals surface area contributed by atoms with Crippen LogP contribution in [-0.4, -0.2) is 50.5 Å². The summed E-state index contributed by atoms with van der Waals surface area (Å²) in [5, 5.41) is 0.735. The van der Waals surface area contributed by atoms with E-state index < -0.39 is 10.0 Å². The third-order valence-electron chi connectivity index (χ3n) is 5.77. The van der Waals surface area contributed by atoms with Gasteiger partial charge in [-0.2, -0.15) is 0 Å². The van der Waals surface area contributed by atoms with Gasteiger partial charge in [0.05, 0.1) is 25.7 Å². The molecule has 1 fully saturated rings. The Morgan fingerprint density at radius 1 is 0.943 bits per heavy atom. The molecule has 0 aliphatic carbocycles. The van der Waals surface area contributed by atoms with E-state index in [4.69, 9.17) is 9.47 Å². The summed E-state index contributed by atoms with van der Waals surface area (Å²) in [6, 6.07) is 22.3. The molecule has 2 heterocycles. The summed E-state index contributed by atoms with van der Waals surface area (Å²) in [4.78, 5) is 18.8. The smallest absolute Gasteiger partial charge is 0.264 e. The molecular formula is C26H23N3O5S. The molecule has 4 aromatic rings. The number of carbonyl (C=O) groups is 1. The van der Waals surface area contributed by atoms with Crippen LogP contribution >= 0.6 is 0 Å². The van der Waals surface area contributed by atoms with Crippen LogP contribution < -0.4 is 14.2 Å². The van der Waals surface area contributed by atoms with E-state index in [1.165, 1.54) is 6.07 Å². The number of ether oxygens (including phenoxy) is 2. The summed E-state index contributed by atoms with van der Waals surface area (Å²) in [5.74, 6) is 1.15. The molecule has 1 aromatic heterocycles. The van der Waals surface area contributed by atoms with Crippen LogP contribution in [0.3, 0.4) is 0 Å². The molecule has 3 aromatic carbocycles. The second-order valence-electron chi connectivity index (χ2n) is 8.11. The lowest BCUT2D eigenvalue weighted by molar-refractivity contribution is 0.0169. The van der Waals surface area contributed by atoms with Gasteiger partial charge in [0, 0.05) is 22.8 Å². The first kappa shape index (κ1) is 22.7. The largest absolute Gasteiger partial charge is 0.493 e. The highest BCUT2D eigenvalue weighted by Gasteiger charge is 2.33. The van der Waals surface area contributed by atoms with Crippen LogP contribution in [0.25, 0.3) is 10.9 Å². The molecule has 178 valence electrons. The molecule has 8 nitrogen and oxygen atoms in total. The monoisotopic (exact) mass is 489 g/mol. The number of hydrogen-bond donors (Lipinski definition) is 1. The number of benzene rings is 3. The number of rotatable bonds is 7. The second kappa shape index (κ2) is 9.27. The molecule has 1 saturated heterocycles. The minimum Gasteiger partial charge on any atom is -0.493 e. The maximum atomic E-state index is 13.0. The Bertz CT molecular complexity index is 1480. The molecule has 1 amide bonds. The third-order valence-corrected chi connectivity index (χ3v) is 7.18. The average molecular weight is 490 g/mol. The number of hydrogen-bond acceptors (Lipinski definition) is 6. The van der Waals surface area contributed by atoms with Gasteiger partial charge in [-0.1, -0.05) is 30.3 Å². The number of anilines is 1. The van der Waals surface area contributed by atoms with Gasteiger partial charge in [0.1, 0.15) is 11.0 Å². The summed E-state index contributed by atoms with van der Waals surface area (Å²) in [6.45, 7) is 0.915. The SMILES string of the molecule is COc1ccccc1OC1CN(C(=O)c2ccc(NS(=O)(=O)c3cccc4cccnc34)cc2)C1. The van der Waals surface area contributed by atoms with Gasteiger partial charge in [-0.25, -0.2) is 8.42 Å². The van der Waals surface area contributed by atoms with Crippen LogP contribution in [0.4, 0.5) is 5.69 Å². The van der Waals surface area contributed by atoms with E-state index in [1.807, 2.05) is 36.4 Å². The number of fused-ring (bicyclic) bond motifs is 1. The van der Waals surface area contributed by atoms with Gasteiger partial charge < -0.3 is 14.4 Å². The van der Waals surface area contributed by atoms with Crippen molar-refractivity contribution >= 4 is 32.5 Å². The van der Waals surface area contributed by atoms with Crippen LogP contribution in [0.5, 0.6) is 11.5 Å². The highest BCUT2D eigenvalue weighted by atomic mass is 32.2. The predicted molar refractivity (Wildman–Crippen MR) is 132 cm³/mol. The van der Waals surface area contributed by atoms with Crippen LogP contribution in [0, 0.1) is 0 Å². The number of likely N-dealkylation sites (tertiary alicyclic amines) is 1. The van der Waals surface area contributed by atoms with Crippen molar-refractivity contribution in [2.75, 3.05) is 24.9 Å². The van der Waals surface area contributed by atoms with E-state index in [0.717, 1.165) is 5.39 Å². The van der Waals surface area contributed by atoms with Gasteiger partial charge in [0.2, 0.25) is 0 Å². The first-order valence-corrected chi connectivity index (χ1v) is 12.5. The Balaban J connectivity index is 1.23. The van der Waals surface area contributed by atoms with Gasteiger partial charge in [-0.3, -0.25) is 14.5 Å². The van der Waals surface area contributed by atoms with E-state index in [2.05, 4.69) is 9.71 Å². The van der Waals surface area contributed by atoms with Crippen molar-refractivity contribution in [2.24, 2.45) is 0 Å². The minimum absolute atomic E-state index is 0.0948. The van der Waals surface area contributed by atoms with Crippen LogP contribution in [0.1, 0.15) is 10.4 Å². The second-order valence-corrected chi connectivity index (χ2v) is 9.77.